The quantitative estimate of drug-likeness (QED) is 0.791. The van der Waals surface area contributed by atoms with Gasteiger partial charge in [-0.05, 0) is 38.2 Å². The molecule has 20 heavy (non-hydrogen) atoms. The van der Waals surface area contributed by atoms with E-state index in [9.17, 15) is 14.7 Å². The van der Waals surface area contributed by atoms with Crippen LogP contribution in [0.3, 0.4) is 0 Å². The summed E-state index contributed by atoms with van der Waals surface area (Å²) < 4.78 is 0. The first-order valence-electron chi connectivity index (χ1n) is 7.20. The molecule has 1 aliphatic carbocycles. The number of rotatable bonds is 6. The highest BCUT2D eigenvalue weighted by Gasteiger charge is 2.41. The number of nitrogens with zero attached hydrogens (tertiary/aromatic N) is 1. The van der Waals surface area contributed by atoms with Crippen molar-refractivity contribution in [2.75, 3.05) is 19.1 Å². The lowest BCUT2D eigenvalue weighted by atomic mass is 9.82. The second-order valence-corrected chi connectivity index (χ2v) is 6.61. The Labute approximate surface area is 125 Å². The van der Waals surface area contributed by atoms with Gasteiger partial charge < -0.3 is 15.3 Å². The highest BCUT2D eigenvalue weighted by molar-refractivity contribution is 7.98. The molecule has 0 spiro atoms. The summed E-state index contributed by atoms with van der Waals surface area (Å²) in [5.41, 5.74) is -1.07. The van der Waals surface area contributed by atoms with Crippen LogP contribution < -0.4 is 5.32 Å². The Morgan fingerprint density at radius 2 is 1.95 bits per heavy atom. The summed E-state index contributed by atoms with van der Waals surface area (Å²) in [5.74, 6) is 0.0822. The van der Waals surface area contributed by atoms with E-state index in [-0.39, 0.29) is 12.1 Å². The standard InChI is InChI=1S/C14H26N2O3S/c1-11(7-10-20-3)16(2)13(19)15-14(12(17)18)8-5-4-6-9-14/h11H,4-10H2,1-3H3,(H,15,19)(H,17,18). The smallest absolute Gasteiger partial charge is 0.329 e. The van der Waals surface area contributed by atoms with Crippen molar-refractivity contribution in [1.82, 2.24) is 10.2 Å². The summed E-state index contributed by atoms with van der Waals surface area (Å²) in [6, 6.07) is -0.167. The van der Waals surface area contributed by atoms with Crippen LogP contribution in [-0.4, -0.2) is 52.6 Å². The van der Waals surface area contributed by atoms with Crippen LogP contribution in [0.25, 0.3) is 0 Å². The molecule has 0 aromatic heterocycles. The molecule has 5 nitrogen and oxygen atoms in total. The molecule has 0 aromatic rings. The van der Waals surface area contributed by atoms with Gasteiger partial charge in [-0.25, -0.2) is 9.59 Å². The molecule has 116 valence electrons. The van der Waals surface area contributed by atoms with Crippen molar-refractivity contribution in [3.63, 3.8) is 0 Å². The van der Waals surface area contributed by atoms with Gasteiger partial charge in [0.1, 0.15) is 5.54 Å². The number of amides is 2. The highest BCUT2D eigenvalue weighted by Crippen LogP contribution is 2.28. The molecule has 1 fully saturated rings. The molecular weight excluding hydrogens is 276 g/mol. The van der Waals surface area contributed by atoms with Gasteiger partial charge in [-0.3, -0.25) is 0 Å². The van der Waals surface area contributed by atoms with Crippen molar-refractivity contribution in [3.05, 3.63) is 0 Å². The molecule has 0 saturated heterocycles. The zero-order valence-corrected chi connectivity index (χ0v) is 13.5. The number of aliphatic carboxylic acids is 1. The van der Waals surface area contributed by atoms with Crippen molar-refractivity contribution in [3.8, 4) is 0 Å². The first-order valence-corrected chi connectivity index (χ1v) is 8.59. The van der Waals surface area contributed by atoms with Gasteiger partial charge in [-0.2, -0.15) is 11.8 Å². The fourth-order valence-corrected chi connectivity index (χ4v) is 3.10. The van der Waals surface area contributed by atoms with E-state index in [0.29, 0.717) is 12.8 Å². The molecular formula is C14H26N2O3S. The number of nitrogens with one attached hydrogen (secondary N) is 1. The number of hydrogen-bond donors (Lipinski definition) is 2. The summed E-state index contributed by atoms with van der Waals surface area (Å²) in [6.07, 6.45) is 6.77. The molecule has 0 aromatic carbocycles. The zero-order valence-electron chi connectivity index (χ0n) is 12.6. The van der Waals surface area contributed by atoms with E-state index in [4.69, 9.17) is 0 Å². The van der Waals surface area contributed by atoms with Crippen LogP contribution in [0, 0.1) is 0 Å². The molecule has 6 heteroatoms. The van der Waals surface area contributed by atoms with Gasteiger partial charge in [0.2, 0.25) is 0 Å². The Bertz CT molecular complexity index is 343. The normalized spacial score (nSPS) is 19.1. The molecule has 0 heterocycles. The van der Waals surface area contributed by atoms with E-state index in [1.807, 2.05) is 13.2 Å². The lowest BCUT2D eigenvalue weighted by Crippen LogP contribution is -2.59. The third-order valence-electron chi connectivity index (χ3n) is 4.18. The molecule has 2 amide bonds. The summed E-state index contributed by atoms with van der Waals surface area (Å²) >= 11 is 1.75. The topological polar surface area (TPSA) is 69.6 Å². The minimum atomic E-state index is -1.07. The van der Waals surface area contributed by atoms with E-state index in [1.165, 1.54) is 0 Å². The van der Waals surface area contributed by atoms with Gasteiger partial charge in [-0.15, -0.1) is 0 Å². The number of carboxylic acid groups (broad SMARTS) is 1. The van der Waals surface area contributed by atoms with Crippen molar-refractivity contribution in [1.29, 1.82) is 0 Å². The van der Waals surface area contributed by atoms with Crippen molar-refractivity contribution < 1.29 is 14.7 Å². The number of urea groups is 1. The minimum Gasteiger partial charge on any atom is -0.480 e. The fraction of sp³-hybridized carbons (Fsp3) is 0.857. The van der Waals surface area contributed by atoms with E-state index in [0.717, 1.165) is 31.4 Å². The van der Waals surface area contributed by atoms with Gasteiger partial charge in [-0.1, -0.05) is 19.3 Å². The summed E-state index contributed by atoms with van der Waals surface area (Å²) in [4.78, 5) is 25.4. The van der Waals surface area contributed by atoms with Crippen LogP contribution in [0.15, 0.2) is 0 Å². The van der Waals surface area contributed by atoms with Gasteiger partial charge >= 0.3 is 12.0 Å². The van der Waals surface area contributed by atoms with E-state index < -0.39 is 11.5 Å². The Kier molecular flexibility index (Phi) is 6.65. The number of carboxylic acids is 1. The molecule has 1 unspecified atom stereocenters. The number of thioether (sulfide) groups is 1. The van der Waals surface area contributed by atoms with Crippen LogP contribution in [0.4, 0.5) is 4.79 Å². The molecule has 0 radical (unpaired) electrons. The summed E-state index contributed by atoms with van der Waals surface area (Å²) in [7, 11) is 1.73. The summed E-state index contributed by atoms with van der Waals surface area (Å²) in [6.45, 7) is 1.99. The third-order valence-corrected chi connectivity index (χ3v) is 4.83. The second-order valence-electron chi connectivity index (χ2n) is 5.62. The number of hydrogen-bond acceptors (Lipinski definition) is 3. The first-order chi connectivity index (χ1) is 9.43. The highest BCUT2D eigenvalue weighted by atomic mass is 32.2. The van der Waals surface area contributed by atoms with E-state index in [2.05, 4.69) is 5.32 Å². The molecule has 0 bridgehead atoms. The average Bonchev–Trinajstić information content (AvgIpc) is 2.44. The van der Waals surface area contributed by atoms with Crippen LogP contribution >= 0.6 is 11.8 Å². The van der Waals surface area contributed by atoms with Gasteiger partial charge in [0.25, 0.3) is 0 Å². The lowest BCUT2D eigenvalue weighted by molar-refractivity contribution is -0.146. The predicted octanol–water partition coefficient (Wildman–Crippen LogP) is 2.56. The predicted molar refractivity (Wildman–Crippen MR) is 82.2 cm³/mol. The SMILES string of the molecule is CSCCC(C)N(C)C(=O)NC1(C(=O)O)CCCCC1. The summed E-state index contributed by atoms with van der Waals surface area (Å²) in [5, 5.41) is 12.2. The minimum absolute atomic E-state index is 0.108. The van der Waals surface area contributed by atoms with Gasteiger partial charge in [0.15, 0.2) is 0 Å². The lowest BCUT2D eigenvalue weighted by Gasteiger charge is -2.36. The van der Waals surface area contributed by atoms with Crippen molar-refractivity contribution in [2.24, 2.45) is 0 Å². The average molecular weight is 302 g/mol. The van der Waals surface area contributed by atoms with Crippen LogP contribution in [-0.2, 0) is 4.79 Å². The van der Waals surface area contributed by atoms with Gasteiger partial charge in [0, 0.05) is 13.1 Å². The van der Waals surface area contributed by atoms with E-state index >= 15 is 0 Å². The molecule has 2 N–H and O–H groups in total. The Morgan fingerprint density at radius 3 is 2.45 bits per heavy atom. The monoisotopic (exact) mass is 302 g/mol. The molecule has 1 rings (SSSR count). The second kappa shape index (κ2) is 7.76. The van der Waals surface area contributed by atoms with Crippen molar-refractivity contribution in [2.45, 2.75) is 57.0 Å². The maximum absolute atomic E-state index is 12.3. The molecule has 1 aliphatic rings. The third kappa shape index (κ3) is 4.30. The maximum atomic E-state index is 12.3. The Balaban J connectivity index is 2.64. The van der Waals surface area contributed by atoms with Crippen molar-refractivity contribution >= 4 is 23.8 Å². The van der Waals surface area contributed by atoms with Crippen LogP contribution in [0.5, 0.6) is 0 Å². The Hall–Kier alpha value is -0.910. The van der Waals surface area contributed by atoms with Gasteiger partial charge in [0.05, 0.1) is 0 Å². The zero-order chi connectivity index (χ0) is 15.2. The molecule has 0 aliphatic heterocycles. The van der Waals surface area contributed by atoms with E-state index in [1.54, 1.807) is 23.7 Å². The van der Waals surface area contributed by atoms with Crippen LogP contribution in [0.2, 0.25) is 0 Å². The number of carbonyl (C=O) groups excluding carboxylic acids is 1. The molecule has 1 atom stereocenters. The molecule has 1 saturated carbocycles. The fourth-order valence-electron chi connectivity index (χ4n) is 2.52. The maximum Gasteiger partial charge on any atom is 0.329 e. The largest absolute Gasteiger partial charge is 0.480 e. The Morgan fingerprint density at radius 1 is 1.35 bits per heavy atom. The van der Waals surface area contributed by atoms with Crippen LogP contribution in [0.1, 0.15) is 45.4 Å². The number of carbonyl (C=O) groups is 2. The first kappa shape index (κ1) is 17.1.